The van der Waals surface area contributed by atoms with E-state index >= 15 is 0 Å². The van der Waals surface area contributed by atoms with Crippen molar-refractivity contribution < 1.29 is 33.0 Å². The first kappa shape index (κ1) is 39.4. The maximum absolute atomic E-state index is 14.4. The van der Waals surface area contributed by atoms with Crippen LogP contribution >= 0.6 is 0 Å². The number of morpholine rings is 1. The third-order valence-corrected chi connectivity index (χ3v) is 9.66. The monoisotopic (exact) mass is 733 g/mol. The van der Waals surface area contributed by atoms with Gasteiger partial charge in [-0.3, -0.25) is 23.9 Å². The number of carbonyl (C=O) groups is 4. The Morgan fingerprint density at radius 2 is 1.70 bits per heavy atom. The van der Waals surface area contributed by atoms with Crippen LogP contribution in [0.2, 0.25) is 0 Å². The van der Waals surface area contributed by atoms with Gasteiger partial charge < -0.3 is 29.9 Å². The van der Waals surface area contributed by atoms with Crippen LogP contribution in [0.3, 0.4) is 0 Å². The normalized spacial score (nSPS) is 22.0. The van der Waals surface area contributed by atoms with Gasteiger partial charge in [0.2, 0.25) is 17.7 Å². The van der Waals surface area contributed by atoms with Gasteiger partial charge in [-0.2, -0.15) is 0 Å². The number of amides is 4. The van der Waals surface area contributed by atoms with Crippen LogP contribution < -0.4 is 15.4 Å². The second-order valence-electron chi connectivity index (χ2n) is 14.2. The lowest BCUT2D eigenvalue weighted by Gasteiger charge is -2.40. The molecule has 14 heteroatoms. The summed E-state index contributed by atoms with van der Waals surface area (Å²) in [6.07, 6.45) is 8.07. The maximum atomic E-state index is 14.4. The van der Waals surface area contributed by atoms with E-state index in [0.29, 0.717) is 18.8 Å². The van der Waals surface area contributed by atoms with Crippen molar-refractivity contribution in [3.63, 3.8) is 0 Å². The van der Waals surface area contributed by atoms with E-state index in [1.54, 1.807) is 17.9 Å². The van der Waals surface area contributed by atoms with Gasteiger partial charge in [0, 0.05) is 39.2 Å². The van der Waals surface area contributed by atoms with E-state index in [4.69, 9.17) is 9.47 Å². The van der Waals surface area contributed by atoms with Crippen molar-refractivity contribution in [2.24, 2.45) is 5.92 Å². The molecule has 1 fully saturated rings. The maximum Gasteiger partial charge on any atom is 0.255 e. The van der Waals surface area contributed by atoms with Crippen molar-refractivity contribution in [3.8, 4) is 5.75 Å². The van der Waals surface area contributed by atoms with Crippen molar-refractivity contribution in [1.82, 2.24) is 35.4 Å². The molecule has 1 saturated heterocycles. The molecule has 5 rings (SSSR count). The summed E-state index contributed by atoms with van der Waals surface area (Å²) in [4.78, 5) is 59.0. The zero-order valence-electron chi connectivity index (χ0n) is 31.0. The number of aromatic nitrogens is 3. The van der Waals surface area contributed by atoms with E-state index in [1.807, 2.05) is 44.2 Å². The van der Waals surface area contributed by atoms with Crippen molar-refractivity contribution in [1.29, 1.82) is 0 Å². The van der Waals surface area contributed by atoms with Gasteiger partial charge in [0.05, 0.1) is 25.0 Å². The molecular weight excluding hydrogens is 681 g/mol. The average Bonchev–Trinajstić information content (AvgIpc) is 3.61. The molecule has 0 radical (unpaired) electrons. The van der Waals surface area contributed by atoms with E-state index < -0.39 is 41.7 Å². The number of rotatable bonds is 4. The predicted molar refractivity (Wildman–Crippen MR) is 195 cm³/mol. The topological polar surface area (TPSA) is 148 Å². The van der Waals surface area contributed by atoms with Gasteiger partial charge in [-0.25, -0.2) is 4.39 Å². The Morgan fingerprint density at radius 3 is 2.47 bits per heavy atom. The molecule has 0 unspecified atom stereocenters. The number of likely N-dealkylation sites (N-methyl/N-ethyl adjacent to an activating group) is 1. The number of aryl methyl sites for hydroxylation is 1. The summed E-state index contributed by atoms with van der Waals surface area (Å²) in [7, 11) is 1.59. The highest BCUT2D eigenvalue weighted by Crippen LogP contribution is 2.23. The molecule has 3 atom stereocenters. The fourth-order valence-corrected chi connectivity index (χ4v) is 6.74. The minimum absolute atomic E-state index is 0.00183. The molecule has 1 aromatic heterocycles. The molecule has 286 valence electrons. The molecule has 0 aliphatic carbocycles. The number of nitrogens with zero attached hydrogens (tertiary/aromatic N) is 5. The summed E-state index contributed by atoms with van der Waals surface area (Å²) in [6, 6.07) is 10.2. The zero-order chi connectivity index (χ0) is 37.7. The lowest BCUT2D eigenvalue weighted by atomic mass is 10.00. The highest BCUT2D eigenvalue weighted by molar-refractivity contribution is 6.00. The number of halogens is 1. The van der Waals surface area contributed by atoms with Gasteiger partial charge in [0.1, 0.15) is 42.0 Å². The largest absolute Gasteiger partial charge is 0.486 e. The van der Waals surface area contributed by atoms with Crippen LogP contribution in [-0.2, 0) is 38.7 Å². The Kier molecular flexibility index (Phi) is 14.3. The summed E-state index contributed by atoms with van der Waals surface area (Å²) < 4.78 is 27.8. The Bertz CT molecular complexity index is 1690. The molecular formula is C39H52FN7O6. The molecule has 53 heavy (non-hydrogen) atoms. The number of hydrogen-bond acceptors (Lipinski definition) is 8. The fraction of sp³-hybridized carbons (Fsp3) is 0.538. The first-order valence-electron chi connectivity index (χ1n) is 18.7. The number of hydrogen-bond donors (Lipinski definition) is 2. The summed E-state index contributed by atoms with van der Waals surface area (Å²) in [6.45, 7) is 5.25. The van der Waals surface area contributed by atoms with Crippen LogP contribution in [0.1, 0.15) is 80.4 Å². The van der Waals surface area contributed by atoms with Crippen molar-refractivity contribution in [2.45, 2.75) is 96.5 Å². The molecule has 3 heterocycles. The van der Waals surface area contributed by atoms with Gasteiger partial charge in [-0.15, -0.1) is 5.10 Å². The molecule has 4 amide bonds. The molecule has 2 bridgehead atoms. The van der Waals surface area contributed by atoms with E-state index in [9.17, 15) is 23.6 Å². The lowest BCUT2D eigenvalue weighted by Crippen LogP contribution is -2.62. The van der Waals surface area contributed by atoms with Crippen LogP contribution in [0.5, 0.6) is 5.75 Å². The number of ether oxygens (including phenoxy) is 2. The minimum Gasteiger partial charge on any atom is -0.486 e. The minimum atomic E-state index is -1.02. The van der Waals surface area contributed by atoms with Gasteiger partial charge in [-0.1, -0.05) is 75.1 Å². The van der Waals surface area contributed by atoms with Crippen LogP contribution in [0, 0.1) is 11.7 Å². The van der Waals surface area contributed by atoms with Gasteiger partial charge in [0.15, 0.2) is 0 Å². The molecule has 0 saturated carbocycles. The third kappa shape index (κ3) is 11.1. The Hall–Kier alpha value is -4.85. The number of fused-ring (bicyclic) bond motifs is 4. The van der Waals surface area contributed by atoms with Gasteiger partial charge >= 0.3 is 0 Å². The average molecular weight is 734 g/mol. The summed E-state index contributed by atoms with van der Waals surface area (Å²) in [5.41, 5.74) is 1.47. The Morgan fingerprint density at radius 1 is 0.943 bits per heavy atom. The van der Waals surface area contributed by atoms with E-state index in [2.05, 4.69) is 20.9 Å². The van der Waals surface area contributed by atoms with Crippen molar-refractivity contribution >= 4 is 23.6 Å². The highest BCUT2D eigenvalue weighted by atomic mass is 19.1. The van der Waals surface area contributed by atoms with Crippen molar-refractivity contribution in [3.05, 3.63) is 77.4 Å². The summed E-state index contributed by atoms with van der Waals surface area (Å²) in [5, 5.41) is 14.3. The first-order chi connectivity index (χ1) is 25.6. The molecule has 2 N–H and O–H groups in total. The van der Waals surface area contributed by atoms with Crippen molar-refractivity contribution in [2.75, 3.05) is 33.4 Å². The van der Waals surface area contributed by atoms with Crippen LogP contribution in [0.25, 0.3) is 0 Å². The smallest absolute Gasteiger partial charge is 0.255 e. The van der Waals surface area contributed by atoms with Crippen LogP contribution in [0.15, 0.2) is 54.7 Å². The quantitative estimate of drug-likeness (QED) is 0.411. The highest BCUT2D eigenvalue weighted by Gasteiger charge is 2.40. The van der Waals surface area contributed by atoms with E-state index in [0.717, 1.165) is 56.2 Å². The fourth-order valence-electron chi connectivity index (χ4n) is 6.74. The molecule has 2 aromatic carbocycles. The lowest BCUT2D eigenvalue weighted by molar-refractivity contribution is -0.157. The SMILES string of the molecule is CC(C)C[C@H]1NC(=O)c2ccc(F)cc2OCc2cn(nn2)CCCCCCCCNC(=O)[C@H](Cc2ccccc2)N(C)C(=O)[C@H]2COCCN2C1=O. The molecule has 13 nitrogen and oxygen atoms in total. The predicted octanol–water partition coefficient (Wildman–Crippen LogP) is 3.91. The number of benzene rings is 2. The molecule has 3 aromatic rings. The zero-order valence-corrected chi connectivity index (χ0v) is 31.0. The third-order valence-electron chi connectivity index (χ3n) is 9.66. The summed E-state index contributed by atoms with van der Waals surface area (Å²) >= 11 is 0. The van der Waals surface area contributed by atoms with Crippen LogP contribution in [0.4, 0.5) is 4.39 Å². The van der Waals surface area contributed by atoms with Gasteiger partial charge in [0.25, 0.3) is 5.91 Å². The molecule has 0 spiro atoms. The number of carbonyl (C=O) groups excluding carboxylic acids is 4. The first-order valence-corrected chi connectivity index (χ1v) is 18.7. The van der Waals surface area contributed by atoms with E-state index in [1.165, 1.54) is 15.9 Å². The summed E-state index contributed by atoms with van der Waals surface area (Å²) in [5.74, 6) is -2.38. The van der Waals surface area contributed by atoms with Gasteiger partial charge in [-0.05, 0) is 42.9 Å². The second kappa shape index (κ2) is 19.3. The second-order valence-corrected chi connectivity index (χ2v) is 14.2. The van der Waals surface area contributed by atoms with Crippen LogP contribution in [-0.4, -0.2) is 99.9 Å². The standard InChI is InChI=1S/C39H52FN7O6/c1-27(2)21-32-38(50)47-19-20-52-26-34(47)39(51)45(3)33(22-28-13-9-8-10-14-28)37(49)41-17-11-6-4-5-7-12-18-46-24-30(43-44-46)25-53-35-23-29(40)15-16-31(35)36(48)42-32/h8-10,13-16,23-24,27,32-34H,4-7,11-12,17-22,25-26H2,1-3H3,(H,41,49)(H,42,48)/t32-,33+,34-/m1/s1. The Balaban J connectivity index is 1.42. The van der Waals surface area contributed by atoms with E-state index in [-0.39, 0.29) is 62.3 Å². The Labute approximate surface area is 310 Å². The molecule has 2 aliphatic rings. The number of nitrogens with one attached hydrogen (secondary N) is 2. The molecule has 2 aliphatic heterocycles.